The molecule has 2 N–H and O–H groups in total. The van der Waals surface area contributed by atoms with Crippen molar-refractivity contribution in [3.05, 3.63) is 91.9 Å². The van der Waals surface area contributed by atoms with Crippen LogP contribution < -0.4 is 16.0 Å². The zero-order chi connectivity index (χ0) is 20.1. The van der Waals surface area contributed by atoms with E-state index in [2.05, 4.69) is 20.9 Å². The van der Waals surface area contributed by atoms with E-state index in [0.717, 1.165) is 29.7 Å². The van der Waals surface area contributed by atoms with Crippen LogP contribution in [0.5, 0.6) is 5.88 Å². The third-order valence-electron chi connectivity index (χ3n) is 4.11. The first-order chi connectivity index (χ1) is 13.5. The molecule has 0 radical (unpaired) electrons. The first kappa shape index (κ1) is 20.2. The molecule has 2 aromatic carbocycles. The van der Waals surface area contributed by atoms with E-state index in [4.69, 9.17) is 10.5 Å². The number of hydrogen-bond donors (Lipinski definition) is 1. The van der Waals surface area contributed by atoms with E-state index in [1.165, 1.54) is 17.0 Å². The molecule has 0 aliphatic heterocycles. The molecular formula is C20H18BrF2N3O2. The van der Waals surface area contributed by atoms with Crippen molar-refractivity contribution >= 4 is 15.9 Å². The molecule has 0 atom stereocenters. The lowest BCUT2D eigenvalue weighted by molar-refractivity contribution is 0.283. The number of benzene rings is 2. The molecule has 0 amide bonds. The number of nitrogens with zero attached hydrogens (tertiary/aromatic N) is 2. The number of hydrogen-bond acceptors (Lipinski definition) is 4. The highest BCUT2D eigenvalue weighted by molar-refractivity contribution is 9.10. The van der Waals surface area contributed by atoms with Crippen LogP contribution in [0, 0.1) is 11.6 Å². The van der Waals surface area contributed by atoms with Gasteiger partial charge < -0.3 is 10.5 Å². The van der Waals surface area contributed by atoms with Crippen LogP contribution in [0.3, 0.4) is 0 Å². The number of ether oxygens (including phenoxy) is 1. The molecule has 0 bridgehead atoms. The van der Waals surface area contributed by atoms with E-state index >= 15 is 0 Å². The maximum absolute atomic E-state index is 13.7. The van der Waals surface area contributed by atoms with Gasteiger partial charge in [-0.25, -0.2) is 13.8 Å². The summed E-state index contributed by atoms with van der Waals surface area (Å²) in [5.41, 5.74) is 7.47. The molecule has 0 unspecified atom stereocenters. The van der Waals surface area contributed by atoms with Crippen molar-refractivity contribution in [2.24, 2.45) is 5.73 Å². The minimum atomic E-state index is -0.721. The fourth-order valence-electron chi connectivity index (χ4n) is 2.69. The van der Waals surface area contributed by atoms with Gasteiger partial charge in [0.2, 0.25) is 5.88 Å². The predicted molar refractivity (Wildman–Crippen MR) is 105 cm³/mol. The molecule has 28 heavy (non-hydrogen) atoms. The van der Waals surface area contributed by atoms with Crippen LogP contribution in [-0.4, -0.2) is 16.1 Å². The fraction of sp³-hybridized carbons (Fsp3) is 0.200. The minimum absolute atomic E-state index is 0.0434. The van der Waals surface area contributed by atoms with Gasteiger partial charge in [0.15, 0.2) is 0 Å². The van der Waals surface area contributed by atoms with Crippen LogP contribution in [0.15, 0.2) is 58.1 Å². The molecule has 3 aromatic rings. The quantitative estimate of drug-likeness (QED) is 0.599. The van der Waals surface area contributed by atoms with Gasteiger partial charge in [-0.1, -0.05) is 24.3 Å². The van der Waals surface area contributed by atoms with Gasteiger partial charge in [-0.05, 0) is 52.2 Å². The van der Waals surface area contributed by atoms with Gasteiger partial charge in [-0.2, -0.15) is 0 Å². The maximum Gasteiger partial charge on any atom is 0.271 e. The van der Waals surface area contributed by atoms with Crippen LogP contribution in [0.1, 0.15) is 16.7 Å². The molecule has 0 aliphatic carbocycles. The fourth-order valence-corrected chi connectivity index (χ4v) is 3.14. The van der Waals surface area contributed by atoms with E-state index < -0.39 is 11.6 Å². The number of nitrogens with two attached hydrogens (primary N) is 1. The van der Waals surface area contributed by atoms with E-state index in [9.17, 15) is 13.6 Å². The molecule has 5 nitrogen and oxygen atoms in total. The number of halogens is 3. The SMILES string of the molecule is NCCc1cccc(Cn2cnc(OCc3ccc(F)cc3F)c(Br)c2=O)c1. The van der Waals surface area contributed by atoms with Gasteiger partial charge in [0.05, 0.1) is 6.54 Å². The summed E-state index contributed by atoms with van der Waals surface area (Å²) in [6.45, 7) is 0.717. The molecule has 0 saturated heterocycles. The average molecular weight is 450 g/mol. The van der Waals surface area contributed by atoms with Crippen molar-refractivity contribution in [1.82, 2.24) is 9.55 Å². The maximum atomic E-state index is 13.7. The first-order valence-electron chi connectivity index (χ1n) is 8.57. The van der Waals surface area contributed by atoms with Crippen LogP contribution in [0.25, 0.3) is 0 Å². The zero-order valence-electron chi connectivity index (χ0n) is 14.9. The second-order valence-electron chi connectivity index (χ2n) is 6.18. The molecule has 0 fully saturated rings. The topological polar surface area (TPSA) is 70.1 Å². The molecule has 0 saturated carbocycles. The summed E-state index contributed by atoms with van der Waals surface area (Å²) in [6, 6.07) is 11.0. The van der Waals surface area contributed by atoms with Gasteiger partial charge in [0, 0.05) is 11.6 Å². The molecular weight excluding hydrogens is 432 g/mol. The Morgan fingerprint density at radius 2 is 1.93 bits per heavy atom. The van der Waals surface area contributed by atoms with Gasteiger partial charge in [-0.3, -0.25) is 9.36 Å². The Kier molecular flexibility index (Phi) is 6.53. The Balaban J connectivity index is 1.75. The van der Waals surface area contributed by atoms with E-state index in [1.54, 1.807) is 0 Å². The number of rotatable bonds is 7. The summed E-state index contributed by atoms with van der Waals surface area (Å²) in [7, 11) is 0. The summed E-state index contributed by atoms with van der Waals surface area (Å²) in [6.07, 6.45) is 2.14. The first-order valence-corrected chi connectivity index (χ1v) is 9.37. The molecule has 1 aromatic heterocycles. The predicted octanol–water partition coefficient (Wildman–Crippen LogP) is 3.41. The van der Waals surface area contributed by atoms with Crippen molar-refractivity contribution in [1.29, 1.82) is 0 Å². The molecule has 8 heteroatoms. The van der Waals surface area contributed by atoms with E-state index in [0.29, 0.717) is 13.1 Å². The van der Waals surface area contributed by atoms with Gasteiger partial charge in [-0.15, -0.1) is 0 Å². The van der Waals surface area contributed by atoms with Crippen molar-refractivity contribution in [3.8, 4) is 5.88 Å². The highest BCUT2D eigenvalue weighted by Gasteiger charge is 2.12. The largest absolute Gasteiger partial charge is 0.472 e. The molecule has 1 heterocycles. The van der Waals surface area contributed by atoms with E-state index in [-0.39, 0.29) is 28.1 Å². The van der Waals surface area contributed by atoms with Crippen molar-refractivity contribution < 1.29 is 13.5 Å². The van der Waals surface area contributed by atoms with Crippen LogP contribution in [0.4, 0.5) is 8.78 Å². The third kappa shape index (κ3) is 4.82. The normalized spacial score (nSPS) is 10.9. The van der Waals surface area contributed by atoms with Crippen LogP contribution >= 0.6 is 15.9 Å². The summed E-state index contributed by atoms with van der Waals surface area (Å²) >= 11 is 3.20. The molecule has 146 valence electrons. The Labute approximate surface area is 168 Å². The van der Waals surface area contributed by atoms with Gasteiger partial charge in [0.1, 0.15) is 29.0 Å². The Morgan fingerprint density at radius 3 is 2.68 bits per heavy atom. The van der Waals surface area contributed by atoms with E-state index in [1.807, 2.05) is 24.3 Å². The highest BCUT2D eigenvalue weighted by atomic mass is 79.9. The molecule has 0 spiro atoms. The standard InChI is InChI=1S/C20H18BrF2N3O2/c21-18-19(28-11-15-4-5-16(22)9-17(15)23)25-12-26(20(18)27)10-14-3-1-2-13(8-14)6-7-24/h1-5,8-9,12H,6-7,10-11,24H2. The molecule has 3 rings (SSSR count). The Morgan fingerprint density at radius 1 is 1.14 bits per heavy atom. The van der Waals surface area contributed by atoms with Gasteiger partial charge >= 0.3 is 0 Å². The van der Waals surface area contributed by atoms with Crippen LogP contribution in [0.2, 0.25) is 0 Å². The summed E-state index contributed by atoms with van der Waals surface area (Å²) in [5.74, 6) is -1.35. The highest BCUT2D eigenvalue weighted by Crippen LogP contribution is 2.20. The monoisotopic (exact) mass is 449 g/mol. The van der Waals surface area contributed by atoms with Crippen LogP contribution in [-0.2, 0) is 19.6 Å². The lowest BCUT2D eigenvalue weighted by atomic mass is 10.1. The summed E-state index contributed by atoms with van der Waals surface area (Å²) in [5, 5.41) is 0. The lowest BCUT2D eigenvalue weighted by Gasteiger charge is -2.11. The summed E-state index contributed by atoms with van der Waals surface area (Å²) < 4.78 is 33.7. The second-order valence-corrected chi connectivity index (χ2v) is 6.97. The van der Waals surface area contributed by atoms with Crippen molar-refractivity contribution in [2.45, 2.75) is 19.6 Å². The minimum Gasteiger partial charge on any atom is -0.472 e. The average Bonchev–Trinajstić information content (AvgIpc) is 2.67. The van der Waals surface area contributed by atoms with Crippen molar-refractivity contribution in [3.63, 3.8) is 0 Å². The zero-order valence-corrected chi connectivity index (χ0v) is 16.5. The summed E-state index contributed by atoms with van der Waals surface area (Å²) in [4.78, 5) is 16.7. The second kappa shape index (κ2) is 9.07. The number of aromatic nitrogens is 2. The Bertz CT molecular complexity index is 1040. The van der Waals surface area contributed by atoms with Gasteiger partial charge in [0.25, 0.3) is 5.56 Å². The smallest absolute Gasteiger partial charge is 0.271 e. The van der Waals surface area contributed by atoms with Crippen molar-refractivity contribution in [2.75, 3.05) is 6.54 Å². The Hall–Kier alpha value is -2.58. The molecule has 0 aliphatic rings. The lowest BCUT2D eigenvalue weighted by Crippen LogP contribution is -2.22. The third-order valence-corrected chi connectivity index (χ3v) is 4.79.